The van der Waals surface area contributed by atoms with Gasteiger partial charge in [-0.05, 0) is 0 Å². The van der Waals surface area contributed by atoms with Gasteiger partial charge in [-0.2, -0.15) is 0 Å². The van der Waals surface area contributed by atoms with Crippen LogP contribution in [0, 0.1) is 0 Å². The van der Waals surface area contributed by atoms with Gasteiger partial charge in [-0.25, -0.2) is 0 Å². The van der Waals surface area contributed by atoms with Crippen LogP contribution in [0.3, 0.4) is 0 Å². The summed E-state index contributed by atoms with van der Waals surface area (Å²) in [7, 11) is 0. The van der Waals surface area contributed by atoms with E-state index >= 15 is 0 Å². The molecule has 3 aromatic rings. The van der Waals surface area contributed by atoms with Gasteiger partial charge in [-0.3, -0.25) is 0 Å². The van der Waals surface area contributed by atoms with Crippen molar-refractivity contribution in [1.82, 2.24) is 0 Å². The Hall–Kier alpha value is -1.98. The van der Waals surface area contributed by atoms with Crippen LogP contribution >= 0.6 is 0 Å². The number of hydrogen-bond donors (Lipinski definition) is 0. The summed E-state index contributed by atoms with van der Waals surface area (Å²) < 4.78 is 9.61. The standard InChI is InChI=1S/C22H24AsN/c1-22(2,3)24-23(19-13-7-4-8-14-19,20-15-9-5-10-16-20)21-17-11-6-12-18-21/h4-18H,1-3H3. The molecule has 0 heterocycles. The van der Waals surface area contributed by atoms with Crippen molar-refractivity contribution in [1.29, 1.82) is 0 Å². The molecule has 24 heavy (non-hydrogen) atoms. The van der Waals surface area contributed by atoms with Crippen molar-refractivity contribution in [3.05, 3.63) is 91.0 Å². The summed E-state index contributed by atoms with van der Waals surface area (Å²) in [4.78, 5) is 0. The molecule has 0 fully saturated rings. The zero-order chi connectivity index (χ0) is 17.0. The van der Waals surface area contributed by atoms with Gasteiger partial charge >= 0.3 is 148 Å². The average Bonchev–Trinajstić information content (AvgIpc) is 2.61. The molecule has 0 radical (unpaired) electrons. The number of rotatable bonds is 3. The molecule has 0 aromatic heterocycles. The van der Waals surface area contributed by atoms with Crippen LogP contribution in [0.1, 0.15) is 20.8 Å². The summed E-state index contributed by atoms with van der Waals surface area (Å²) in [6, 6.07) is 32.6. The first-order valence-corrected chi connectivity index (χ1v) is 12.0. The maximum atomic E-state index is 5.52. The van der Waals surface area contributed by atoms with E-state index in [4.69, 9.17) is 3.86 Å². The normalized spacial score (nSPS) is 12.0. The summed E-state index contributed by atoms with van der Waals surface area (Å²) in [5.41, 5.74) is -0.103. The second-order valence-corrected chi connectivity index (χ2v) is 13.2. The molecule has 0 aliphatic heterocycles. The van der Waals surface area contributed by atoms with E-state index < -0.39 is 13.4 Å². The van der Waals surface area contributed by atoms with Crippen molar-refractivity contribution in [3.8, 4) is 0 Å². The van der Waals surface area contributed by atoms with Crippen molar-refractivity contribution in [3.63, 3.8) is 0 Å². The van der Waals surface area contributed by atoms with Crippen LogP contribution in [0.5, 0.6) is 0 Å². The quantitative estimate of drug-likeness (QED) is 0.617. The van der Waals surface area contributed by atoms with E-state index in [9.17, 15) is 0 Å². The van der Waals surface area contributed by atoms with Gasteiger partial charge in [0.15, 0.2) is 0 Å². The van der Waals surface area contributed by atoms with E-state index in [2.05, 4.69) is 112 Å². The fourth-order valence-electron chi connectivity index (χ4n) is 3.00. The molecule has 2 heteroatoms. The van der Waals surface area contributed by atoms with Gasteiger partial charge in [0, 0.05) is 0 Å². The summed E-state index contributed by atoms with van der Waals surface area (Å²) >= 11 is -2.89. The first-order valence-electron chi connectivity index (χ1n) is 8.33. The summed E-state index contributed by atoms with van der Waals surface area (Å²) in [5, 5.41) is 0. The minimum absolute atomic E-state index is 0.103. The fourth-order valence-corrected chi connectivity index (χ4v) is 11.3. The maximum absolute atomic E-state index is 5.52. The second-order valence-electron chi connectivity index (χ2n) is 6.91. The molecule has 0 saturated carbocycles. The SMILES string of the molecule is CC(C)(C)N=[As](c1ccccc1)(c1ccccc1)c1ccccc1. The van der Waals surface area contributed by atoms with Crippen molar-refractivity contribution in [2.24, 2.45) is 3.86 Å². The van der Waals surface area contributed by atoms with Crippen LogP contribution in [0.2, 0.25) is 0 Å². The molecular formula is C22H24AsN. The van der Waals surface area contributed by atoms with Gasteiger partial charge in [0.25, 0.3) is 0 Å². The van der Waals surface area contributed by atoms with Crippen LogP contribution in [0.15, 0.2) is 94.9 Å². The molecule has 0 amide bonds. The van der Waals surface area contributed by atoms with E-state index in [1.165, 1.54) is 13.1 Å². The van der Waals surface area contributed by atoms with E-state index in [1.807, 2.05) is 0 Å². The third-order valence-electron chi connectivity index (χ3n) is 3.84. The van der Waals surface area contributed by atoms with Gasteiger partial charge in [0.1, 0.15) is 0 Å². The molecule has 0 N–H and O–H groups in total. The Labute approximate surface area is 147 Å². The van der Waals surface area contributed by atoms with Crippen molar-refractivity contribution in [2.45, 2.75) is 26.3 Å². The molecule has 122 valence electrons. The first kappa shape index (κ1) is 16.9. The second kappa shape index (κ2) is 6.87. The summed E-state index contributed by atoms with van der Waals surface area (Å²) in [5.74, 6) is 0. The van der Waals surface area contributed by atoms with Crippen molar-refractivity contribution < 1.29 is 0 Å². The molecule has 0 aliphatic rings. The molecule has 0 atom stereocenters. The Morgan fingerprint density at radius 1 is 0.542 bits per heavy atom. The van der Waals surface area contributed by atoms with Gasteiger partial charge in [0.05, 0.1) is 0 Å². The van der Waals surface area contributed by atoms with Gasteiger partial charge in [-0.15, -0.1) is 0 Å². The first-order chi connectivity index (χ1) is 11.5. The third kappa shape index (κ3) is 3.42. The van der Waals surface area contributed by atoms with Crippen LogP contribution in [-0.4, -0.2) is 18.9 Å². The van der Waals surface area contributed by atoms with E-state index in [1.54, 1.807) is 0 Å². The molecular weight excluding hydrogens is 353 g/mol. The van der Waals surface area contributed by atoms with Crippen molar-refractivity contribution in [2.75, 3.05) is 0 Å². The number of hydrogen-bond acceptors (Lipinski definition) is 1. The molecule has 0 bridgehead atoms. The molecule has 0 unspecified atom stereocenters. The van der Waals surface area contributed by atoms with Gasteiger partial charge in [-0.1, -0.05) is 0 Å². The van der Waals surface area contributed by atoms with Crippen LogP contribution in [0.4, 0.5) is 0 Å². The predicted octanol–water partition coefficient (Wildman–Crippen LogP) is 3.72. The summed E-state index contributed by atoms with van der Waals surface area (Å²) in [6.07, 6.45) is 0. The zero-order valence-electron chi connectivity index (χ0n) is 14.6. The van der Waals surface area contributed by atoms with Crippen molar-refractivity contribution >= 4 is 26.4 Å². The number of benzene rings is 3. The zero-order valence-corrected chi connectivity index (χ0v) is 16.4. The summed E-state index contributed by atoms with van der Waals surface area (Å²) in [6.45, 7) is 6.62. The van der Waals surface area contributed by atoms with E-state index in [0.717, 1.165) is 0 Å². The molecule has 0 saturated heterocycles. The van der Waals surface area contributed by atoms with Gasteiger partial charge < -0.3 is 0 Å². The predicted molar refractivity (Wildman–Crippen MR) is 106 cm³/mol. The average molecular weight is 377 g/mol. The van der Waals surface area contributed by atoms with Gasteiger partial charge in [0.2, 0.25) is 0 Å². The molecule has 0 aliphatic carbocycles. The Balaban J connectivity index is 2.45. The van der Waals surface area contributed by atoms with E-state index in [-0.39, 0.29) is 5.54 Å². The Bertz CT molecular complexity index is 728. The van der Waals surface area contributed by atoms with Crippen LogP contribution in [0.25, 0.3) is 0 Å². The molecule has 3 rings (SSSR count). The topological polar surface area (TPSA) is 12.4 Å². The minimum atomic E-state index is -2.89. The monoisotopic (exact) mass is 377 g/mol. The van der Waals surface area contributed by atoms with E-state index in [0.29, 0.717) is 0 Å². The fraction of sp³-hybridized carbons (Fsp3) is 0.182. The van der Waals surface area contributed by atoms with Crippen LogP contribution in [-0.2, 0) is 0 Å². The third-order valence-corrected chi connectivity index (χ3v) is 12.3. The molecule has 0 spiro atoms. The Morgan fingerprint density at radius 2 is 0.833 bits per heavy atom. The molecule has 3 aromatic carbocycles. The van der Waals surface area contributed by atoms with Crippen LogP contribution < -0.4 is 13.1 Å². The number of nitrogens with zero attached hydrogens (tertiary/aromatic N) is 1. The Kier molecular flexibility index (Phi) is 4.83. The Morgan fingerprint density at radius 3 is 1.08 bits per heavy atom. The molecule has 1 nitrogen and oxygen atoms in total.